The van der Waals surface area contributed by atoms with E-state index in [0.717, 1.165) is 6.54 Å². The number of rotatable bonds is 7. The number of methoxy groups -OCH3 is 2. The lowest BCUT2D eigenvalue weighted by Crippen LogP contribution is -2.30. The molecular formula is C14H19NO4. The average Bonchev–Trinajstić information content (AvgIpc) is 3.22. The van der Waals surface area contributed by atoms with E-state index in [1.54, 1.807) is 25.3 Å². The first kappa shape index (κ1) is 13.7. The molecule has 0 saturated heterocycles. The Morgan fingerprint density at radius 2 is 2.16 bits per heavy atom. The molecule has 0 aromatic heterocycles. The summed E-state index contributed by atoms with van der Waals surface area (Å²) < 4.78 is 10.4. The molecule has 1 atom stereocenters. The summed E-state index contributed by atoms with van der Waals surface area (Å²) in [6.45, 7) is 0.720. The van der Waals surface area contributed by atoms with Crippen molar-refractivity contribution in [3.05, 3.63) is 23.8 Å². The topological polar surface area (TPSA) is 67.8 Å². The minimum absolute atomic E-state index is 0.552. The lowest BCUT2D eigenvalue weighted by molar-refractivity contribution is -0.139. The molecule has 1 aliphatic carbocycles. The lowest BCUT2D eigenvalue weighted by Gasteiger charge is -2.18. The number of carbonyl (C=O) groups is 1. The molecule has 2 rings (SSSR count). The highest BCUT2D eigenvalue weighted by Crippen LogP contribution is 2.32. The second-order valence-corrected chi connectivity index (χ2v) is 4.73. The van der Waals surface area contributed by atoms with Gasteiger partial charge in [-0.15, -0.1) is 0 Å². The normalized spacial score (nSPS) is 15.9. The van der Waals surface area contributed by atoms with Crippen LogP contribution in [-0.2, 0) is 4.79 Å². The minimum Gasteiger partial charge on any atom is -0.497 e. The van der Waals surface area contributed by atoms with E-state index in [1.165, 1.54) is 20.0 Å². The van der Waals surface area contributed by atoms with Crippen LogP contribution in [0, 0.1) is 5.92 Å². The molecule has 1 aromatic carbocycles. The Balaban J connectivity index is 2.24. The number of carboxylic acid groups (broad SMARTS) is 1. The smallest absolute Gasteiger partial charge is 0.325 e. The molecule has 0 amide bonds. The zero-order chi connectivity index (χ0) is 13.8. The monoisotopic (exact) mass is 265 g/mol. The van der Waals surface area contributed by atoms with Gasteiger partial charge in [0.2, 0.25) is 0 Å². The SMILES string of the molecule is COc1ccc(OC)c(C(NCC2CC2)C(=O)O)c1. The number of benzene rings is 1. The van der Waals surface area contributed by atoms with Crippen LogP contribution in [0.1, 0.15) is 24.4 Å². The van der Waals surface area contributed by atoms with E-state index in [2.05, 4.69) is 5.32 Å². The maximum Gasteiger partial charge on any atom is 0.325 e. The highest BCUT2D eigenvalue weighted by Gasteiger charge is 2.27. The summed E-state index contributed by atoms with van der Waals surface area (Å²) in [6.07, 6.45) is 2.35. The Labute approximate surface area is 112 Å². The molecule has 0 heterocycles. The second-order valence-electron chi connectivity index (χ2n) is 4.73. The Bertz CT molecular complexity index is 457. The summed E-state index contributed by atoms with van der Waals surface area (Å²) in [5.41, 5.74) is 0.593. The lowest BCUT2D eigenvalue weighted by atomic mass is 10.0. The zero-order valence-electron chi connectivity index (χ0n) is 11.2. The Morgan fingerprint density at radius 3 is 2.68 bits per heavy atom. The van der Waals surface area contributed by atoms with Gasteiger partial charge in [-0.25, -0.2) is 0 Å². The van der Waals surface area contributed by atoms with Gasteiger partial charge < -0.3 is 19.9 Å². The molecule has 1 saturated carbocycles. The van der Waals surface area contributed by atoms with Crippen molar-refractivity contribution < 1.29 is 19.4 Å². The molecule has 0 spiro atoms. The number of hydrogen-bond donors (Lipinski definition) is 2. The van der Waals surface area contributed by atoms with Crippen molar-refractivity contribution in [3.63, 3.8) is 0 Å². The molecular weight excluding hydrogens is 246 g/mol. The number of carboxylic acids is 1. The van der Waals surface area contributed by atoms with Crippen molar-refractivity contribution in [2.45, 2.75) is 18.9 Å². The van der Waals surface area contributed by atoms with Crippen molar-refractivity contribution in [1.82, 2.24) is 5.32 Å². The van der Waals surface area contributed by atoms with Crippen molar-refractivity contribution in [3.8, 4) is 11.5 Å². The molecule has 0 aliphatic heterocycles. The van der Waals surface area contributed by atoms with Crippen molar-refractivity contribution in [1.29, 1.82) is 0 Å². The van der Waals surface area contributed by atoms with Crippen molar-refractivity contribution >= 4 is 5.97 Å². The van der Waals surface area contributed by atoms with Crippen LogP contribution in [0.25, 0.3) is 0 Å². The first-order valence-electron chi connectivity index (χ1n) is 6.33. The number of nitrogens with one attached hydrogen (secondary N) is 1. The van der Waals surface area contributed by atoms with E-state index in [-0.39, 0.29) is 0 Å². The second kappa shape index (κ2) is 5.93. The molecule has 5 heteroatoms. The highest BCUT2D eigenvalue weighted by atomic mass is 16.5. The quantitative estimate of drug-likeness (QED) is 0.787. The summed E-state index contributed by atoms with van der Waals surface area (Å²) in [5, 5.41) is 12.5. The van der Waals surface area contributed by atoms with E-state index in [0.29, 0.717) is 23.0 Å². The van der Waals surface area contributed by atoms with E-state index in [9.17, 15) is 9.90 Å². The predicted molar refractivity (Wildman–Crippen MR) is 70.6 cm³/mol. The van der Waals surface area contributed by atoms with Gasteiger partial charge in [-0.3, -0.25) is 4.79 Å². The van der Waals surface area contributed by atoms with Crippen LogP contribution in [-0.4, -0.2) is 31.8 Å². The minimum atomic E-state index is -0.910. The summed E-state index contributed by atoms with van der Waals surface area (Å²) in [5.74, 6) is 0.873. The predicted octanol–water partition coefficient (Wildman–Crippen LogP) is 1.83. The van der Waals surface area contributed by atoms with Crippen LogP contribution >= 0.6 is 0 Å². The van der Waals surface area contributed by atoms with Crippen LogP contribution in [0.2, 0.25) is 0 Å². The standard InChI is InChI=1S/C14H19NO4/c1-18-10-5-6-12(19-2)11(7-10)13(14(16)17)15-8-9-3-4-9/h5-7,9,13,15H,3-4,8H2,1-2H3,(H,16,17). The van der Waals surface area contributed by atoms with Crippen LogP contribution < -0.4 is 14.8 Å². The number of hydrogen-bond acceptors (Lipinski definition) is 4. The van der Waals surface area contributed by atoms with Crippen LogP contribution in [0.5, 0.6) is 11.5 Å². The number of ether oxygens (including phenoxy) is 2. The summed E-state index contributed by atoms with van der Waals surface area (Å²) >= 11 is 0. The Morgan fingerprint density at radius 1 is 1.42 bits per heavy atom. The van der Waals surface area contributed by atoms with Gasteiger partial charge in [-0.1, -0.05) is 0 Å². The maximum absolute atomic E-state index is 11.4. The van der Waals surface area contributed by atoms with Crippen LogP contribution in [0.3, 0.4) is 0 Å². The summed E-state index contributed by atoms with van der Waals surface area (Å²) in [6, 6.07) is 4.41. The van der Waals surface area contributed by atoms with Gasteiger partial charge in [0.1, 0.15) is 17.5 Å². The van der Waals surface area contributed by atoms with Gasteiger partial charge in [-0.05, 0) is 43.5 Å². The fourth-order valence-electron chi connectivity index (χ4n) is 2.00. The third kappa shape index (κ3) is 3.38. The summed E-state index contributed by atoms with van der Waals surface area (Å²) in [4.78, 5) is 11.4. The summed E-state index contributed by atoms with van der Waals surface area (Å²) in [7, 11) is 3.09. The largest absolute Gasteiger partial charge is 0.497 e. The molecule has 0 radical (unpaired) electrons. The Kier molecular flexibility index (Phi) is 4.27. The molecule has 19 heavy (non-hydrogen) atoms. The van der Waals surface area contributed by atoms with Gasteiger partial charge in [0, 0.05) is 5.56 Å². The van der Waals surface area contributed by atoms with Crippen LogP contribution in [0.4, 0.5) is 0 Å². The molecule has 0 bridgehead atoms. The molecule has 104 valence electrons. The third-order valence-electron chi connectivity index (χ3n) is 3.30. The van der Waals surface area contributed by atoms with E-state index in [4.69, 9.17) is 9.47 Å². The molecule has 1 unspecified atom stereocenters. The highest BCUT2D eigenvalue weighted by molar-refractivity contribution is 5.77. The molecule has 1 aliphatic rings. The van der Waals surface area contributed by atoms with Gasteiger partial charge in [0.25, 0.3) is 0 Å². The molecule has 5 nitrogen and oxygen atoms in total. The molecule has 2 N–H and O–H groups in total. The van der Waals surface area contributed by atoms with Crippen molar-refractivity contribution in [2.24, 2.45) is 5.92 Å². The van der Waals surface area contributed by atoms with Gasteiger partial charge >= 0.3 is 5.97 Å². The molecule has 1 fully saturated rings. The van der Waals surface area contributed by atoms with Gasteiger partial charge in [0.15, 0.2) is 0 Å². The van der Waals surface area contributed by atoms with Crippen molar-refractivity contribution in [2.75, 3.05) is 20.8 Å². The molecule has 1 aromatic rings. The number of aliphatic carboxylic acids is 1. The Hall–Kier alpha value is -1.75. The van der Waals surface area contributed by atoms with Gasteiger partial charge in [-0.2, -0.15) is 0 Å². The zero-order valence-corrected chi connectivity index (χ0v) is 11.2. The van der Waals surface area contributed by atoms with E-state index < -0.39 is 12.0 Å². The third-order valence-corrected chi connectivity index (χ3v) is 3.30. The fourth-order valence-corrected chi connectivity index (χ4v) is 2.00. The first-order chi connectivity index (χ1) is 9.15. The van der Waals surface area contributed by atoms with Gasteiger partial charge in [0.05, 0.1) is 14.2 Å². The first-order valence-corrected chi connectivity index (χ1v) is 6.33. The maximum atomic E-state index is 11.4. The van der Waals surface area contributed by atoms with Crippen LogP contribution in [0.15, 0.2) is 18.2 Å². The fraction of sp³-hybridized carbons (Fsp3) is 0.500. The van der Waals surface area contributed by atoms with E-state index >= 15 is 0 Å². The van der Waals surface area contributed by atoms with E-state index in [1.807, 2.05) is 0 Å². The average molecular weight is 265 g/mol.